The molecule has 4 nitrogen and oxygen atoms in total. The Hall–Kier alpha value is -0.770. The SMILES string of the molecule is CC(C)CC(C(C)C)C(OC(=O)N(C)N)C(C)C. The van der Waals surface area contributed by atoms with Gasteiger partial charge in [-0.05, 0) is 30.1 Å². The van der Waals surface area contributed by atoms with Crippen LogP contribution in [0.5, 0.6) is 0 Å². The molecule has 0 radical (unpaired) electrons. The smallest absolute Gasteiger partial charge is 0.424 e. The molecule has 0 aromatic rings. The van der Waals surface area contributed by atoms with Crippen LogP contribution in [0, 0.1) is 23.7 Å². The van der Waals surface area contributed by atoms with Crippen molar-refractivity contribution in [1.29, 1.82) is 0 Å². The largest absolute Gasteiger partial charge is 0.445 e. The molecule has 0 heterocycles. The lowest BCUT2D eigenvalue weighted by molar-refractivity contribution is -0.00565. The number of nitrogens with two attached hydrogens (primary N) is 1. The summed E-state index contributed by atoms with van der Waals surface area (Å²) in [5.74, 6) is 7.15. The molecule has 4 heteroatoms. The molecule has 1 amide bonds. The second kappa shape index (κ2) is 7.62. The van der Waals surface area contributed by atoms with Crippen LogP contribution >= 0.6 is 0 Å². The van der Waals surface area contributed by atoms with E-state index in [-0.39, 0.29) is 6.10 Å². The van der Waals surface area contributed by atoms with E-state index in [2.05, 4.69) is 41.5 Å². The zero-order chi connectivity index (χ0) is 14.5. The number of hydrogen-bond acceptors (Lipinski definition) is 3. The fourth-order valence-electron chi connectivity index (χ4n) is 2.25. The van der Waals surface area contributed by atoms with E-state index in [1.165, 1.54) is 7.05 Å². The summed E-state index contributed by atoms with van der Waals surface area (Å²) in [6.45, 7) is 12.9. The van der Waals surface area contributed by atoms with Crippen LogP contribution in [0.25, 0.3) is 0 Å². The molecule has 0 aromatic heterocycles. The average molecular weight is 258 g/mol. The van der Waals surface area contributed by atoms with Gasteiger partial charge in [0.05, 0.1) is 0 Å². The molecule has 0 bridgehead atoms. The summed E-state index contributed by atoms with van der Waals surface area (Å²) in [7, 11) is 1.51. The molecule has 0 fully saturated rings. The number of nitrogens with zero attached hydrogens (tertiary/aromatic N) is 1. The van der Waals surface area contributed by atoms with Crippen LogP contribution in [-0.4, -0.2) is 24.3 Å². The minimum atomic E-state index is -0.455. The number of hydrogen-bond donors (Lipinski definition) is 1. The van der Waals surface area contributed by atoms with E-state index < -0.39 is 6.09 Å². The summed E-state index contributed by atoms with van der Waals surface area (Å²) < 4.78 is 5.56. The van der Waals surface area contributed by atoms with E-state index in [0.717, 1.165) is 11.4 Å². The summed E-state index contributed by atoms with van der Waals surface area (Å²) >= 11 is 0. The van der Waals surface area contributed by atoms with Crippen molar-refractivity contribution in [3.63, 3.8) is 0 Å². The van der Waals surface area contributed by atoms with Gasteiger partial charge in [-0.25, -0.2) is 15.6 Å². The van der Waals surface area contributed by atoms with E-state index in [1.807, 2.05) is 0 Å². The predicted octanol–water partition coefficient (Wildman–Crippen LogP) is 3.27. The molecule has 0 spiro atoms. The normalized spacial score (nSPS) is 15.1. The Morgan fingerprint density at radius 1 is 1.11 bits per heavy atom. The monoisotopic (exact) mass is 258 g/mol. The van der Waals surface area contributed by atoms with Gasteiger partial charge in [0.25, 0.3) is 0 Å². The fraction of sp³-hybridized carbons (Fsp3) is 0.929. The van der Waals surface area contributed by atoms with Crippen LogP contribution in [0.15, 0.2) is 0 Å². The van der Waals surface area contributed by atoms with Crippen LogP contribution in [0.4, 0.5) is 4.79 Å². The molecule has 2 atom stereocenters. The first-order chi connectivity index (χ1) is 8.16. The number of ether oxygens (including phenoxy) is 1. The lowest BCUT2D eigenvalue weighted by atomic mass is 9.79. The molecule has 0 aliphatic rings. The van der Waals surface area contributed by atoms with Crippen molar-refractivity contribution in [3.05, 3.63) is 0 Å². The summed E-state index contributed by atoms with van der Waals surface area (Å²) in [6, 6.07) is 0. The molecule has 0 aliphatic carbocycles. The quantitative estimate of drug-likeness (QED) is 0.452. The van der Waals surface area contributed by atoms with E-state index in [9.17, 15) is 4.79 Å². The molecule has 0 rings (SSSR count). The standard InChI is InChI=1S/C14H30N2O2/c1-9(2)8-12(10(3)4)13(11(5)6)18-14(17)16(7)15/h9-13H,8,15H2,1-7H3. The Morgan fingerprint density at radius 3 is 1.89 bits per heavy atom. The van der Waals surface area contributed by atoms with Gasteiger partial charge in [0.1, 0.15) is 6.10 Å². The topological polar surface area (TPSA) is 55.6 Å². The summed E-state index contributed by atoms with van der Waals surface area (Å²) in [5, 5.41) is 1.00. The van der Waals surface area contributed by atoms with E-state index in [4.69, 9.17) is 10.6 Å². The summed E-state index contributed by atoms with van der Waals surface area (Å²) in [4.78, 5) is 11.6. The van der Waals surface area contributed by atoms with Crippen LogP contribution in [0.1, 0.15) is 48.0 Å². The molecule has 108 valence electrons. The highest BCUT2D eigenvalue weighted by molar-refractivity contribution is 5.66. The van der Waals surface area contributed by atoms with Gasteiger partial charge in [-0.2, -0.15) is 0 Å². The third-order valence-electron chi connectivity index (χ3n) is 3.20. The van der Waals surface area contributed by atoms with Crippen LogP contribution in [0.2, 0.25) is 0 Å². The number of carbonyl (C=O) groups is 1. The lowest BCUT2D eigenvalue weighted by Gasteiger charge is -2.34. The molecule has 0 saturated heterocycles. The Balaban J connectivity index is 4.86. The van der Waals surface area contributed by atoms with E-state index >= 15 is 0 Å². The van der Waals surface area contributed by atoms with Crippen molar-refractivity contribution in [2.24, 2.45) is 29.5 Å². The molecule has 2 N–H and O–H groups in total. The second-order valence-corrected chi connectivity index (χ2v) is 6.24. The average Bonchev–Trinajstić information content (AvgIpc) is 2.21. The molecular weight excluding hydrogens is 228 g/mol. The summed E-state index contributed by atoms with van der Waals surface area (Å²) in [6.07, 6.45) is 0.524. The fourth-order valence-corrected chi connectivity index (χ4v) is 2.25. The molecule has 0 aromatic carbocycles. The first kappa shape index (κ1) is 17.2. The van der Waals surface area contributed by atoms with Crippen molar-refractivity contribution in [3.8, 4) is 0 Å². The first-order valence-electron chi connectivity index (χ1n) is 6.85. The van der Waals surface area contributed by atoms with Crippen molar-refractivity contribution in [2.75, 3.05) is 7.05 Å². The number of hydrazine groups is 1. The maximum absolute atomic E-state index is 11.6. The van der Waals surface area contributed by atoms with Crippen LogP contribution in [0.3, 0.4) is 0 Å². The molecule has 0 aliphatic heterocycles. The van der Waals surface area contributed by atoms with Gasteiger partial charge in [-0.1, -0.05) is 41.5 Å². The predicted molar refractivity (Wildman–Crippen MR) is 74.8 cm³/mol. The van der Waals surface area contributed by atoms with Gasteiger partial charge >= 0.3 is 6.09 Å². The second-order valence-electron chi connectivity index (χ2n) is 6.24. The zero-order valence-corrected chi connectivity index (χ0v) is 12.9. The Labute approximate surface area is 112 Å². The minimum absolute atomic E-state index is 0.0779. The highest BCUT2D eigenvalue weighted by Crippen LogP contribution is 2.30. The van der Waals surface area contributed by atoms with Crippen molar-refractivity contribution in [2.45, 2.75) is 54.1 Å². The molecule has 18 heavy (non-hydrogen) atoms. The van der Waals surface area contributed by atoms with Crippen LogP contribution < -0.4 is 5.84 Å². The number of rotatable bonds is 6. The highest BCUT2D eigenvalue weighted by atomic mass is 16.6. The maximum atomic E-state index is 11.6. The highest BCUT2D eigenvalue weighted by Gasteiger charge is 2.31. The Bertz CT molecular complexity index is 250. The van der Waals surface area contributed by atoms with Gasteiger partial charge in [-0.15, -0.1) is 0 Å². The minimum Gasteiger partial charge on any atom is -0.445 e. The molecule has 0 saturated carbocycles. The van der Waals surface area contributed by atoms with E-state index in [1.54, 1.807) is 0 Å². The van der Waals surface area contributed by atoms with Crippen molar-refractivity contribution in [1.82, 2.24) is 5.01 Å². The van der Waals surface area contributed by atoms with Gasteiger partial charge in [0, 0.05) is 7.05 Å². The molecular formula is C14H30N2O2. The van der Waals surface area contributed by atoms with Gasteiger partial charge in [0.15, 0.2) is 0 Å². The third-order valence-corrected chi connectivity index (χ3v) is 3.20. The third kappa shape index (κ3) is 5.71. The number of amides is 1. The van der Waals surface area contributed by atoms with Gasteiger partial charge in [-0.3, -0.25) is 0 Å². The summed E-state index contributed by atoms with van der Waals surface area (Å²) in [5.41, 5.74) is 0. The van der Waals surface area contributed by atoms with Gasteiger partial charge < -0.3 is 4.74 Å². The maximum Gasteiger partial charge on any atom is 0.424 e. The van der Waals surface area contributed by atoms with Crippen molar-refractivity contribution >= 4 is 6.09 Å². The Kier molecular flexibility index (Phi) is 7.29. The molecule has 2 unspecified atom stereocenters. The van der Waals surface area contributed by atoms with Gasteiger partial charge in [0.2, 0.25) is 0 Å². The van der Waals surface area contributed by atoms with Crippen LogP contribution in [-0.2, 0) is 4.74 Å². The lowest BCUT2D eigenvalue weighted by Crippen LogP contribution is -2.41. The van der Waals surface area contributed by atoms with Crippen molar-refractivity contribution < 1.29 is 9.53 Å². The Morgan fingerprint density at radius 2 is 1.61 bits per heavy atom. The number of carbonyl (C=O) groups excluding carboxylic acids is 1. The first-order valence-corrected chi connectivity index (χ1v) is 6.85. The zero-order valence-electron chi connectivity index (χ0n) is 12.9. The van der Waals surface area contributed by atoms with E-state index in [0.29, 0.717) is 23.7 Å².